The summed E-state index contributed by atoms with van der Waals surface area (Å²) in [5.41, 5.74) is 1.19. The van der Waals surface area contributed by atoms with E-state index in [2.05, 4.69) is 20.7 Å². The fourth-order valence-electron chi connectivity index (χ4n) is 2.05. The van der Waals surface area contributed by atoms with Crippen molar-refractivity contribution in [3.05, 3.63) is 56.6 Å². The molecule has 0 atom stereocenters. The lowest BCUT2D eigenvalue weighted by Gasteiger charge is -2.08. The quantitative estimate of drug-likeness (QED) is 0.736. The molecule has 0 fully saturated rings. The van der Waals surface area contributed by atoms with E-state index in [0.717, 1.165) is 21.3 Å². The third-order valence-corrected chi connectivity index (χ3v) is 6.02. The summed E-state index contributed by atoms with van der Waals surface area (Å²) in [6, 6.07) is 11.6. The third-order valence-electron chi connectivity index (χ3n) is 3.15. The van der Waals surface area contributed by atoms with Crippen molar-refractivity contribution in [3.8, 4) is 0 Å². The Morgan fingerprint density at radius 3 is 2.68 bits per heavy atom. The van der Waals surface area contributed by atoms with Crippen molar-refractivity contribution < 1.29 is 8.42 Å². The van der Waals surface area contributed by atoms with E-state index >= 15 is 0 Å². The van der Waals surface area contributed by atoms with Gasteiger partial charge in [-0.3, -0.25) is 9.52 Å². The van der Waals surface area contributed by atoms with E-state index in [4.69, 9.17) is 0 Å². The van der Waals surface area contributed by atoms with Gasteiger partial charge in [-0.1, -0.05) is 33.3 Å². The smallest absolute Gasteiger partial charge is 0.302 e. The monoisotopic (exact) mass is 398 g/mol. The van der Waals surface area contributed by atoms with E-state index in [0.29, 0.717) is 10.4 Å². The molecule has 5 nitrogen and oxygen atoms in total. The van der Waals surface area contributed by atoms with Crippen molar-refractivity contribution in [2.75, 3.05) is 4.72 Å². The fraction of sp³-hybridized carbons (Fsp3) is 0.0714. The molecule has 1 N–H and O–H groups in total. The van der Waals surface area contributed by atoms with Gasteiger partial charge in [-0.2, -0.15) is 0 Å². The molecule has 0 unspecified atom stereocenters. The van der Waals surface area contributed by atoms with Crippen LogP contribution >= 0.6 is 27.3 Å². The number of aryl methyl sites for hydroxylation is 1. The molecule has 0 bridgehead atoms. The van der Waals surface area contributed by atoms with Crippen LogP contribution in [0.5, 0.6) is 0 Å². The second-order valence-electron chi connectivity index (χ2n) is 4.67. The van der Waals surface area contributed by atoms with Gasteiger partial charge in [-0.25, -0.2) is 8.42 Å². The summed E-state index contributed by atoms with van der Waals surface area (Å²) in [6.07, 6.45) is 0. The molecule has 1 aromatic heterocycles. The third kappa shape index (κ3) is 2.81. The summed E-state index contributed by atoms with van der Waals surface area (Å²) >= 11 is 4.32. The highest BCUT2D eigenvalue weighted by Crippen LogP contribution is 2.24. The standard InChI is InChI=1S/C14H11BrN2O3S2/c1-17-12-6-5-11(8-13(12)21-14(17)18)22(19,20)16-10-4-2-3-9(15)7-10/h2-8,16H,1H3. The molecule has 0 amide bonds. The van der Waals surface area contributed by atoms with Crippen LogP contribution in [-0.4, -0.2) is 13.0 Å². The Bertz CT molecular complexity index is 1020. The van der Waals surface area contributed by atoms with Gasteiger partial charge in [0.25, 0.3) is 10.0 Å². The Morgan fingerprint density at radius 1 is 1.18 bits per heavy atom. The lowest BCUT2D eigenvalue weighted by Crippen LogP contribution is -2.12. The van der Waals surface area contributed by atoms with Gasteiger partial charge in [0.05, 0.1) is 15.1 Å². The minimum absolute atomic E-state index is 0.121. The van der Waals surface area contributed by atoms with Crippen molar-refractivity contribution in [1.29, 1.82) is 0 Å². The summed E-state index contributed by atoms with van der Waals surface area (Å²) in [5.74, 6) is 0. The molecule has 114 valence electrons. The number of halogens is 1. The predicted octanol–water partition coefficient (Wildman–Crippen LogP) is 3.16. The largest absolute Gasteiger partial charge is 0.307 e. The van der Waals surface area contributed by atoms with E-state index < -0.39 is 10.0 Å². The van der Waals surface area contributed by atoms with Crippen LogP contribution in [0.3, 0.4) is 0 Å². The maximum absolute atomic E-state index is 12.4. The van der Waals surface area contributed by atoms with Crippen molar-refractivity contribution in [2.45, 2.75) is 4.90 Å². The molecule has 0 aliphatic carbocycles. The van der Waals surface area contributed by atoms with E-state index in [1.165, 1.54) is 16.7 Å². The summed E-state index contributed by atoms with van der Waals surface area (Å²) in [7, 11) is -2.04. The average Bonchev–Trinajstić information content (AvgIpc) is 2.73. The SMILES string of the molecule is Cn1c(=O)sc2cc(S(=O)(=O)Nc3cccc(Br)c3)ccc21. The molecular weight excluding hydrogens is 388 g/mol. The molecule has 3 aromatic rings. The Kier molecular flexibility index (Phi) is 3.84. The van der Waals surface area contributed by atoms with Gasteiger partial charge in [0, 0.05) is 17.2 Å². The fourth-order valence-corrected chi connectivity index (χ4v) is 4.52. The number of nitrogens with one attached hydrogen (secondary N) is 1. The van der Waals surface area contributed by atoms with Crippen LogP contribution in [-0.2, 0) is 17.1 Å². The number of anilines is 1. The lowest BCUT2D eigenvalue weighted by molar-refractivity contribution is 0.601. The topological polar surface area (TPSA) is 68.2 Å². The first-order chi connectivity index (χ1) is 10.4. The predicted molar refractivity (Wildman–Crippen MR) is 92.0 cm³/mol. The number of thiazole rings is 1. The minimum Gasteiger partial charge on any atom is -0.302 e. The van der Waals surface area contributed by atoms with Crippen LogP contribution in [0.4, 0.5) is 5.69 Å². The van der Waals surface area contributed by atoms with E-state index in [-0.39, 0.29) is 9.77 Å². The molecule has 2 aromatic carbocycles. The zero-order valence-electron chi connectivity index (χ0n) is 11.4. The molecule has 0 aliphatic rings. The van der Waals surface area contributed by atoms with Gasteiger partial charge in [-0.05, 0) is 36.4 Å². The minimum atomic E-state index is -3.70. The molecule has 0 saturated heterocycles. The van der Waals surface area contributed by atoms with Crippen molar-refractivity contribution in [3.63, 3.8) is 0 Å². The highest BCUT2D eigenvalue weighted by atomic mass is 79.9. The molecule has 1 heterocycles. The molecule has 0 radical (unpaired) electrons. The Hall–Kier alpha value is -1.64. The lowest BCUT2D eigenvalue weighted by atomic mass is 10.3. The van der Waals surface area contributed by atoms with Crippen LogP contribution < -0.4 is 9.60 Å². The number of fused-ring (bicyclic) bond motifs is 1. The number of hydrogen-bond donors (Lipinski definition) is 1. The first-order valence-electron chi connectivity index (χ1n) is 6.25. The molecule has 8 heteroatoms. The van der Waals surface area contributed by atoms with Gasteiger partial charge in [0.2, 0.25) is 0 Å². The first-order valence-corrected chi connectivity index (χ1v) is 9.34. The Morgan fingerprint density at radius 2 is 1.95 bits per heavy atom. The van der Waals surface area contributed by atoms with Crippen LogP contribution in [0.2, 0.25) is 0 Å². The van der Waals surface area contributed by atoms with Gasteiger partial charge >= 0.3 is 4.87 Å². The Balaban J connectivity index is 2.03. The van der Waals surface area contributed by atoms with Crippen LogP contribution in [0.1, 0.15) is 0 Å². The Labute approximate surface area is 139 Å². The van der Waals surface area contributed by atoms with Gasteiger partial charge in [0.1, 0.15) is 0 Å². The number of rotatable bonds is 3. The number of benzene rings is 2. The van der Waals surface area contributed by atoms with E-state index in [9.17, 15) is 13.2 Å². The second-order valence-corrected chi connectivity index (χ2v) is 8.26. The summed E-state index contributed by atoms with van der Waals surface area (Å²) in [4.78, 5) is 11.6. The van der Waals surface area contributed by atoms with Gasteiger partial charge in [0.15, 0.2) is 0 Å². The average molecular weight is 399 g/mol. The molecule has 22 heavy (non-hydrogen) atoms. The molecule has 0 aliphatic heterocycles. The maximum Gasteiger partial charge on any atom is 0.307 e. The normalized spacial score (nSPS) is 11.7. The maximum atomic E-state index is 12.4. The highest BCUT2D eigenvalue weighted by Gasteiger charge is 2.16. The number of hydrogen-bond acceptors (Lipinski definition) is 4. The summed E-state index contributed by atoms with van der Waals surface area (Å²) < 4.78 is 30.3. The molecule has 0 spiro atoms. The number of nitrogens with zero attached hydrogens (tertiary/aromatic N) is 1. The van der Waals surface area contributed by atoms with Crippen molar-refractivity contribution in [2.24, 2.45) is 7.05 Å². The van der Waals surface area contributed by atoms with Crippen molar-refractivity contribution in [1.82, 2.24) is 4.57 Å². The molecular formula is C14H11BrN2O3S2. The molecule has 3 rings (SSSR count). The molecule has 0 saturated carbocycles. The summed E-state index contributed by atoms with van der Waals surface area (Å²) in [6.45, 7) is 0. The highest BCUT2D eigenvalue weighted by molar-refractivity contribution is 9.10. The summed E-state index contributed by atoms with van der Waals surface area (Å²) in [5, 5.41) is 0. The van der Waals surface area contributed by atoms with E-state index in [1.54, 1.807) is 31.3 Å². The van der Waals surface area contributed by atoms with Crippen LogP contribution in [0, 0.1) is 0 Å². The zero-order valence-corrected chi connectivity index (χ0v) is 14.6. The second kappa shape index (κ2) is 5.53. The van der Waals surface area contributed by atoms with Gasteiger partial charge < -0.3 is 4.57 Å². The number of sulfonamides is 1. The van der Waals surface area contributed by atoms with Crippen LogP contribution in [0.15, 0.2) is 56.6 Å². The van der Waals surface area contributed by atoms with E-state index in [1.807, 2.05) is 6.07 Å². The number of aromatic nitrogens is 1. The zero-order chi connectivity index (χ0) is 15.9. The van der Waals surface area contributed by atoms with Crippen molar-refractivity contribution >= 4 is 53.2 Å². The first kappa shape index (κ1) is 15.3. The van der Waals surface area contributed by atoms with Crippen LogP contribution in [0.25, 0.3) is 10.2 Å². The van der Waals surface area contributed by atoms with Gasteiger partial charge in [-0.15, -0.1) is 0 Å².